The van der Waals surface area contributed by atoms with Crippen molar-refractivity contribution in [1.82, 2.24) is 20.0 Å². The summed E-state index contributed by atoms with van der Waals surface area (Å²) in [5.74, 6) is -0.239. The van der Waals surface area contributed by atoms with Gasteiger partial charge in [0.2, 0.25) is 0 Å². The summed E-state index contributed by atoms with van der Waals surface area (Å²) in [6.07, 6.45) is 1.77. The number of nitrogens with zero attached hydrogens (tertiary/aromatic N) is 3. The van der Waals surface area contributed by atoms with Gasteiger partial charge in [-0.15, -0.1) is 0 Å². The van der Waals surface area contributed by atoms with Gasteiger partial charge in [0.15, 0.2) is 5.69 Å². The van der Waals surface area contributed by atoms with E-state index in [0.29, 0.717) is 16.5 Å². The fourth-order valence-corrected chi connectivity index (χ4v) is 4.43. The number of aromatic nitrogens is 2. The molecular formula is C27H26N4O2. The number of hydrogen-bond donors (Lipinski definition) is 1. The van der Waals surface area contributed by atoms with Crippen molar-refractivity contribution < 1.29 is 4.79 Å². The third-order valence-corrected chi connectivity index (χ3v) is 6.19. The Morgan fingerprint density at radius 3 is 2.15 bits per heavy atom. The average molecular weight is 439 g/mol. The monoisotopic (exact) mass is 438 g/mol. The number of hydrogen-bond acceptors (Lipinski definition) is 4. The summed E-state index contributed by atoms with van der Waals surface area (Å²) in [6.45, 7) is 2.78. The Hall–Kier alpha value is -3.77. The number of piperidine rings is 1. The van der Waals surface area contributed by atoms with Gasteiger partial charge in [-0.05, 0) is 36.6 Å². The van der Waals surface area contributed by atoms with Crippen molar-refractivity contribution in [2.24, 2.45) is 0 Å². The molecule has 1 fully saturated rings. The first kappa shape index (κ1) is 21.1. The number of fused-ring (bicyclic) bond motifs is 1. The number of carbonyl (C=O) groups excluding carboxylic acids is 1. The second kappa shape index (κ2) is 9.38. The Labute approximate surface area is 192 Å². The highest BCUT2D eigenvalue weighted by Crippen LogP contribution is 2.18. The van der Waals surface area contributed by atoms with Crippen molar-refractivity contribution in [3.8, 4) is 5.69 Å². The molecule has 0 atom stereocenters. The molecule has 0 bridgehead atoms. The molecular weight excluding hydrogens is 412 g/mol. The topological polar surface area (TPSA) is 67.2 Å². The minimum absolute atomic E-state index is 0.0854. The number of likely N-dealkylation sites (tertiary alicyclic amines) is 1. The predicted octanol–water partition coefficient (Wildman–Crippen LogP) is 3.78. The lowest BCUT2D eigenvalue weighted by molar-refractivity contribution is 0.0904. The molecule has 1 aromatic heterocycles. The lowest BCUT2D eigenvalue weighted by Crippen LogP contribution is -2.44. The molecule has 0 unspecified atom stereocenters. The number of carbonyl (C=O) groups is 1. The summed E-state index contributed by atoms with van der Waals surface area (Å²) in [7, 11) is 0. The van der Waals surface area contributed by atoms with Gasteiger partial charge in [-0.2, -0.15) is 9.78 Å². The lowest BCUT2D eigenvalue weighted by atomic mass is 10.0. The molecule has 0 spiro atoms. The number of amides is 1. The SMILES string of the molecule is O=C(NC1CCN(Cc2ccccc2)CC1)c1nn(-c2ccccc2)c(=O)c2ccccc12. The lowest BCUT2D eigenvalue weighted by Gasteiger charge is -2.32. The standard InChI is InChI=1S/C27H26N4O2/c32-26(28-21-15-17-30(18-16-21)19-20-9-3-1-4-10-20)25-23-13-7-8-14-24(23)27(33)31(29-25)22-11-5-2-6-12-22/h1-14,21H,15-19H2,(H,28,32). The van der Waals surface area contributed by atoms with Crippen molar-refractivity contribution in [3.05, 3.63) is 107 Å². The molecule has 0 saturated carbocycles. The van der Waals surface area contributed by atoms with Crippen LogP contribution in [0.15, 0.2) is 89.7 Å². The molecule has 1 aliphatic rings. The largest absolute Gasteiger partial charge is 0.348 e. The molecule has 4 aromatic rings. The molecule has 1 N–H and O–H groups in total. The van der Waals surface area contributed by atoms with Gasteiger partial charge >= 0.3 is 0 Å². The Morgan fingerprint density at radius 1 is 0.848 bits per heavy atom. The van der Waals surface area contributed by atoms with E-state index in [9.17, 15) is 9.59 Å². The zero-order chi connectivity index (χ0) is 22.6. The van der Waals surface area contributed by atoms with E-state index in [1.54, 1.807) is 12.1 Å². The van der Waals surface area contributed by atoms with E-state index in [1.165, 1.54) is 10.2 Å². The normalized spacial score (nSPS) is 14.9. The maximum Gasteiger partial charge on any atom is 0.279 e. The van der Waals surface area contributed by atoms with Gasteiger partial charge in [0.1, 0.15) is 0 Å². The van der Waals surface area contributed by atoms with Crippen LogP contribution >= 0.6 is 0 Å². The number of para-hydroxylation sites is 1. The smallest absolute Gasteiger partial charge is 0.279 e. The van der Waals surface area contributed by atoms with Crippen LogP contribution in [0.1, 0.15) is 28.9 Å². The molecule has 5 rings (SSSR count). The molecule has 0 aliphatic carbocycles. The van der Waals surface area contributed by atoms with E-state index in [4.69, 9.17) is 0 Å². The first-order chi connectivity index (χ1) is 16.2. The van der Waals surface area contributed by atoms with E-state index in [0.717, 1.165) is 32.5 Å². The molecule has 1 saturated heterocycles. The molecule has 166 valence electrons. The molecule has 6 heteroatoms. The van der Waals surface area contributed by atoms with Crippen LogP contribution in [0.4, 0.5) is 0 Å². The predicted molar refractivity (Wildman–Crippen MR) is 130 cm³/mol. The molecule has 0 radical (unpaired) electrons. The Balaban J connectivity index is 1.35. The van der Waals surface area contributed by atoms with Crippen molar-refractivity contribution in [3.63, 3.8) is 0 Å². The molecule has 3 aromatic carbocycles. The summed E-state index contributed by atoms with van der Waals surface area (Å²) < 4.78 is 1.32. The zero-order valence-corrected chi connectivity index (χ0v) is 18.4. The summed E-state index contributed by atoms with van der Waals surface area (Å²) in [6, 6.07) is 26.9. The fourth-order valence-electron chi connectivity index (χ4n) is 4.43. The van der Waals surface area contributed by atoms with Crippen LogP contribution < -0.4 is 10.9 Å². The molecule has 2 heterocycles. The van der Waals surface area contributed by atoms with Gasteiger partial charge in [-0.3, -0.25) is 14.5 Å². The second-order valence-corrected chi connectivity index (χ2v) is 8.46. The van der Waals surface area contributed by atoms with E-state index < -0.39 is 0 Å². The van der Waals surface area contributed by atoms with Crippen LogP contribution in [0.2, 0.25) is 0 Å². The quantitative estimate of drug-likeness (QED) is 0.515. The second-order valence-electron chi connectivity index (χ2n) is 8.46. The third-order valence-electron chi connectivity index (χ3n) is 6.19. The van der Waals surface area contributed by atoms with Crippen molar-refractivity contribution >= 4 is 16.7 Å². The molecule has 33 heavy (non-hydrogen) atoms. The Kier molecular flexibility index (Phi) is 6.00. The Morgan fingerprint density at radius 2 is 1.45 bits per heavy atom. The van der Waals surface area contributed by atoms with Crippen LogP contribution in [-0.4, -0.2) is 39.7 Å². The number of rotatable bonds is 5. The van der Waals surface area contributed by atoms with Crippen LogP contribution in [0, 0.1) is 0 Å². The highest BCUT2D eigenvalue weighted by atomic mass is 16.2. The molecule has 1 aliphatic heterocycles. The number of benzene rings is 3. The van der Waals surface area contributed by atoms with Gasteiger partial charge in [-0.25, -0.2) is 0 Å². The van der Waals surface area contributed by atoms with Crippen LogP contribution in [0.3, 0.4) is 0 Å². The highest BCUT2D eigenvalue weighted by molar-refractivity contribution is 6.05. The maximum absolute atomic E-state index is 13.3. The van der Waals surface area contributed by atoms with Gasteiger partial charge in [0.05, 0.1) is 11.1 Å². The van der Waals surface area contributed by atoms with Crippen molar-refractivity contribution in [2.45, 2.75) is 25.4 Å². The van der Waals surface area contributed by atoms with Gasteiger partial charge < -0.3 is 5.32 Å². The van der Waals surface area contributed by atoms with Gasteiger partial charge in [0.25, 0.3) is 11.5 Å². The highest BCUT2D eigenvalue weighted by Gasteiger charge is 2.24. The van der Waals surface area contributed by atoms with E-state index >= 15 is 0 Å². The van der Waals surface area contributed by atoms with Crippen LogP contribution in [0.5, 0.6) is 0 Å². The van der Waals surface area contributed by atoms with Crippen molar-refractivity contribution in [1.29, 1.82) is 0 Å². The van der Waals surface area contributed by atoms with Gasteiger partial charge in [0, 0.05) is 31.1 Å². The third kappa shape index (κ3) is 4.56. The van der Waals surface area contributed by atoms with E-state index in [-0.39, 0.29) is 23.2 Å². The maximum atomic E-state index is 13.3. The van der Waals surface area contributed by atoms with E-state index in [1.807, 2.05) is 48.5 Å². The zero-order valence-electron chi connectivity index (χ0n) is 18.4. The number of nitrogens with one attached hydrogen (secondary N) is 1. The summed E-state index contributed by atoms with van der Waals surface area (Å²) in [5.41, 5.74) is 1.98. The summed E-state index contributed by atoms with van der Waals surface area (Å²) in [5, 5.41) is 8.72. The fraction of sp³-hybridized carbons (Fsp3) is 0.222. The van der Waals surface area contributed by atoms with E-state index in [2.05, 4.69) is 39.6 Å². The first-order valence-corrected chi connectivity index (χ1v) is 11.3. The minimum atomic E-state index is -0.239. The average Bonchev–Trinajstić information content (AvgIpc) is 2.87. The first-order valence-electron chi connectivity index (χ1n) is 11.3. The summed E-state index contributed by atoms with van der Waals surface area (Å²) in [4.78, 5) is 28.8. The summed E-state index contributed by atoms with van der Waals surface area (Å²) >= 11 is 0. The van der Waals surface area contributed by atoms with Gasteiger partial charge in [-0.1, -0.05) is 66.7 Å². The minimum Gasteiger partial charge on any atom is -0.348 e. The van der Waals surface area contributed by atoms with Crippen molar-refractivity contribution in [2.75, 3.05) is 13.1 Å². The molecule has 1 amide bonds. The Bertz CT molecular complexity index is 1310. The molecule has 6 nitrogen and oxygen atoms in total. The van der Waals surface area contributed by atoms with Crippen LogP contribution in [-0.2, 0) is 6.54 Å². The van der Waals surface area contributed by atoms with Crippen LogP contribution in [0.25, 0.3) is 16.5 Å².